The minimum absolute atomic E-state index is 0.0251. The van der Waals surface area contributed by atoms with Crippen LogP contribution in [0.15, 0.2) is 32.1 Å². The van der Waals surface area contributed by atoms with Crippen LogP contribution in [0.2, 0.25) is 0 Å². The van der Waals surface area contributed by atoms with E-state index in [0.717, 1.165) is 31.4 Å². The van der Waals surface area contributed by atoms with Crippen LogP contribution in [0, 0.1) is 11.3 Å². The summed E-state index contributed by atoms with van der Waals surface area (Å²) in [7, 11) is 0. The molecular weight excluding hydrogens is 268 g/mol. The predicted octanol–water partition coefficient (Wildman–Crippen LogP) is 0.0115. The van der Waals surface area contributed by atoms with Gasteiger partial charge in [-0.3, -0.25) is 0 Å². The van der Waals surface area contributed by atoms with Gasteiger partial charge in [0.15, 0.2) is 0 Å². The molecule has 0 aromatic heterocycles. The van der Waals surface area contributed by atoms with Crippen molar-refractivity contribution in [1.82, 2.24) is 0 Å². The number of nitrogens with zero attached hydrogens (tertiary/aromatic N) is 4. The van der Waals surface area contributed by atoms with E-state index >= 15 is 0 Å². The first kappa shape index (κ1) is 15.0. The molecule has 114 valence electrons. The van der Waals surface area contributed by atoms with Gasteiger partial charge in [-0.15, -0.1) is 10.2 Å². The van der Waals surface area contributed by atoms with E-state index < -0.39 is 0 Å². The fourth-order valence-corrected chi connectivity index (χ4v) is 3.02. The van der Waals surface area contributed by atoms with Crippen molar-refractivity contribution in [3.63, 3.8) is 0 Å². The first-order chi connectivity index (χ1) is 9.91. The van der Waals surface area contributed by atoms with Crippen LogP contribution in [-0.2, 0) is 0 Å². The van der Waals surface area contributed by atoms with Gasteiger partial charge in [0, 0.05) is 12.1 Å². The highest BCUT2D eigenvalue weighted by Crippen LogP contribution is 2.51. The lowest BCUT2D eigenvalue weighted by atomic mass is 9.70. The molecule has 0 spiro atoms. The maximum absolute atomic E-state index is 5.29. The normalized spacial score (nSPS) is 30.0. The Hall–Kier alpha value is -2.38. The molecule has 8 N–H and O–H groups in total. The lowest BCUT2D eigenvalue weighted by molar-refractivity contribution is 0.326. The fourth-order valence-electron chi connectivity index (χ4n) is 3.02. The van der Waals surface area contributed by atoms with Crippen molar-refractivity contribution in [3.8, 4) is 0 Å². The van der Waals surface area contributed by atoms with Gasteiger partial charge >= 0.3 is 0 Å². The van der Waals surface area contributed by atoms with E-state index in [1.807, 2.05) is 6.21 Å². The highest BCUT2D eigenvalue weighted by atomic mass is 15.3. The largest absolute Gasteiger partial charge is 0.369 e. The van der Waals surface area contributed by atoms with Gasteiger partial charge in [-0.1, -0.05) is 12.5 Å². The molecule has 1 saturated carbocycles. The Balaban J connectivity index is 2.17. The van der Waals surface area contributed by atoms with Gasteiger partial charge in [0.05, 0.1) is 5.71 Å². The summed E-state index contributed by atoms with van der Waals surface area (Å²) in [6.45, 7) is 2.25. The highest BCUT2D eigenvalue weighted by molar-refractivity contribution is 5.97. The quantitative estimate of drug-likeness (QED) is 0.328. The topological polar surface area (TPSA) is 154 Å². The molecule has 2 aliphatic carbocycles. The average molecular weight is 290 g/mol. The number of fused-ring (bicyclic) bond motifs is 1. The van der Waals surface area contributed by atoms with Crippen molar-refractivity contribution < 1.29 is 0 Å². The van der Waals surface area contributed by atoms with Crippen LogP contribution >= 0.6 is 0 Å². The number of rotatable bonds is 3. The van der Waals surface area contributed by atoms with Crippen LogP contribution in [-0.4, -0.2) is 23.8 Å². The molecule has 0 radical (unpaired) electrons. The molecule has 21 heavy (non-hydrogen) atoms. The van der Waals surface area contributed by atoms with Gasteiger partial charge in [0.2, 0.25) is 11.9 Å². The van der Waals surface area contributed by atoms with Gasteiger partial charge in [0.1, 0.15) is 0 Å². The molecule has 0 aromatic rings. The third-order valence-corrected chi connectivity index (χ3v) is 4.23. The van der Waals surface area contributed by atoms with Crippen molar-refractivity contribution in [2.24, 2.45) is 54.7 Å². The summed E-state index contributed by atoms with van der Waals surface area (Å²) >= 11 is 0. The van der Waals surface area contributed by atoms with Crippen LogP contribution in [0.1, 0.15) is 32.6 Å². The summed E-state index contributed by atoms with van der Waals surface area (Å²) in [4.78, 5) is 0. The van der Waals surface area contributed by atoms with Crippen molar-refractivity contribution in [1.29, 1.82) is 0 Å². The molecule has 2 rings (SSSR count). The Bertz CT molecular complexity index is 549. The number of guanidine groups is 2. The zero-order valence-corrected chi connectivity index (χ0v) is 12.2. The van der Waals surface area contributed by atoms with Crippen molar-refractivity contribution in [2.45, 2.75) is 32.6 Å². The fraction of sp³-hybridized carbons (Fsp3) is 0.538. The molecule has 2 atom stereocenters. The molecule has 8 nitrogen and oxygen atoms in total. The van der Waals surface area contributed by atoms with Crippen LogP contribution in [0.3, 0.4) is 0 Å². The van der Waals surface area contributed by atoms with Crippen LogP contribution < -0.4 is 22.9 Å². The van der Waals surface area contributed by atoms with E-state index in [-0.39, 0.29) is 17.3 Å². The SMILES string of the molecule is C[C@]12CC/C(=N/N=C(N)N)C=C1CC[C@@H]2/C=N\N=C(N)N. The van der Waals surface area contributed by atoms with Gasteiger partial charge in [-0.25, -0.2) is 0 Å². The average Bonchev–Trinajstić information content (AvgIpc) is 2.73. The molecule has 0 unspecified atom stereocenters. The zero-order valence-electron chi connectivity index (χ0n) is 12.2. The number of allylic oxidation sites excluding steroid dienone is 2. The summed E-state index contributed by atoms with van der Waals surface area (Å²) in [5, 5.41) is 15.4. The van der Waals surface area contributed by atoms with Crippen molar-refractivity contribution >= 4 is 23.8 Å². The minimum Gasteiger partial charge on any atom is -0.369 e. The molecule has 0 saturated heterocycles. The molecule has 8 heteroatoms. The molecular formula is C13H22N8. The van der Waals surface area contributed by atoms with Gasteiger partial charge in [-0.05, 0) is 37.2 Å². The number of nitrogens with two attached hydrogens (primary N) is 4. The van der Waals surface area contributed by atoms with E-state index in [0.29, 0.717) is 5.92 Å². The Kier molecular flexibility index (Phi) is 4.25. The molecule has 0 amide bonds. The van der Waals surface area contributed by atoms with Gasteiger partial charge in [0.25, 0.3) is 0 Å². The first-order valence-electron chi connectivity index (χ1n) is 6.90. The second kappa shape index (κ2) is 5.94. The predicted molar refractivity (Wildman–Crippen MR) is 85.7 cm³/mol. The third kappa shape index (κ3) is 3.39. The van der Waals surface area contributed by atoms with Gasteiger partial charge in [-0.2, -0.15) is 10.2 Å². The summed E-state index contributed by atoms with van der Waals surface area (Å²) in [6.07, 6.45) is 7.81. The highest BCUT2D eigenvalue weighted by Gasteiger charge is 2.43. The molecule has 0 aromatic carbocycles. The minimum atomic E-state index is -0.0273. The van der Waals surface area contributed by atoms with Crippen LogP contribution in [0.5, 0.6) is 0 Å². The van der Waals surface area contributed by atoms with E-state index in [9.17, 15) is 0 Å². The summed E-state index contributed by atoms with van der Waals surface area (Å²) in [5.41, 5.74) is 23.5. The smallest absolute Gasteiger partial charge is 0.211 e. The van der Waals surface area contributed by atoms with E-state index in [1.165, 1.54) is 5.57 Å². The second-order valence-electron chi connectivity index (χ2n) is 5.64. The lowest BCUT2D eigenvalue weighted by Gasteiger charge is -2.34. The number of hydrogen-bond donors (Lipinski definition) is 4. The summed E-state index contributed by atoms with van der Waals surface area (Å²) in [6, 6.07) is 0. The van der Waals surface area contributed by atoms with Crippen LogP contribution in [0.4, 0.5) is 0 Å². The zero-order chi connectivity index (χ0) is 15.5. The molecule has 1 fully saturated rings. The van der Waals surface area contributed by atoms with Crippen molar-refractivity contribution in [3.05, 3.63) is 11.6 Å². The molecule has 0 bridgehead atoms. The standard InChI is InChI=1S/C13H22N8/c1-13-5-4-10(19-21-12(16)17)6-8(13)2-3-9(13)7-18-20-11(14)15/h6-7,9H,2-5H2,1H3,(H4,14,15,20)(H4,16,17,21)/b18-7-,19-10-/t9-,13+/m1/s1. The third-order valence-electron chi connectivity index (χ3n) is 4.23. The monoisotopic (exact) mass is 290 g/mol. The maximum Gasteiger partial charge on any atom is 0.211 e. The Morgan fingerprint density at radius 3 is 2.57 bits per heavy atom. The second-order valence-corrected chi connectivity index (χ2v) is 5.64. The maximum atomic E-state index is 5.29. The van der Waals surface area contributed by atoms with Gasteiger partial charge < -0.3 is 22.9 Å². The summed E-state index contributed by atoms with van der Waals surface area (Å²) in [5.74, 6) is 0.278. The summed E-state index contributed by atoms with van der Waals surface area (Å²) < 4.78 is 0. The Morgan fingerprint density at radius 1 is 1.19 bits per heavy atom. The Morgan fingerprint density at radius 2 is 1.90 bits per heavy atom. The van der Waals surface area contributed by atoms with E-state index in [2.05, 4.69) is 33.4 Å². The van der Waals surface area contributed by atoms with Crippen LogP contribution in [0.25, 0.3) is 0 Å². The lowest BCUT2D eigenvalue weighted by Crippen LogP contribution is -2.29. The molecule has 0 aliphatic heterocycles. The van der Waals surface area contributed by atoms with Crippen molar-refractivity contribution in [2.75, 3.05) is 0 Å². The van der Waals surface area contributed by atoms with E-state index in [1.54, 1.807) is 0 Å². The molecule has 0 heterocycles. The van der Waals surface area contributed by atoms with E-state index in [4.69, 9.17) is 22.9 Å². The Labute approximate surface area is 123 Å². The number of hydrogen-bond acceptors (Lipinski definition) is 4. The molecule has 2 aliphatic rings. The first-order valence-corrected chi connectivity index (χ1v) is 6.90.